The number of hydrogen-bond acceptors (Lipinski definition) is 5. The molecule has 0 unspecified atom stereocenters. The van der Waals surface area contributed by atoms with Crippen LogP contribution in [-0.2, 0) is 14.3 Å². The van der Waals surface area contributed by atoms with E-state index in [4.69, 9.17) is 16.3 Å². The fourth-order valence-corrected chi connectivity index (χ4v) is 6.74. The molecule has 4 fully saturated rings. The van der Waals surface area contributed by atoms with Crippen molar-refractivity contribution in [2.75, 3.05) is 33.2 Å². The first-order valence-corrected chi connectivity index (χ1v) is 14.4. The first-order chi connectivity index (χ1) is 17.7. The van der Waals surface area contributed by atoms with Crippen LogP contribution in [0.15, 0.2) is 24.3 Å². The number of Topliss-reactive ketones (excluding diaryl/α,β-unsaturated/α-hetero) is 1. The van der Waals surface area contributed by atoms with E-state index < -0.39 is 11.6 Å². The minimum absolute atomic E-state index is 0.0743. The molecule has 2 amide bonds. The van der Waals surface area contributed by atoms with Gasteiger partial charge in [0, 0.05) is 55.5 Å². The number of hydrogen-bond donors (Lipinski definition) is 1. The first-order valence-electron chi connectivity index (χ1n) is 14.0. The van der Waals surface area contributed by atoms with E-state index >= 15 is 0 Å². The molecule has 2 atom stereocenters. The Morgan fingerprint density at radius 3 is 2.30 bits per heavy atom. The van der Waals surface area contributed by atoms with Crippen molar-refractivity contribution in [3.05, 3.63) is 34.9 Å². The molecule has 0 spiro atoms. The Morgan fingerprint density at radius 1 is 1.03 bits per heavy atom. The second-order valence-corrected chi connectivity index (χ2v) is 12.3. The summed E-state index contributed by atoms with van der Waals surface area (Å²) in [7, 11) is 1.73. The van der Waals surface area contributed by atoms with Crippen molar-refractivity contribution in [3.8, 4) is 0 Å². The zero-order chi connectivity index (χ0) is 26.2. The molecule has 1 aromatic carbocycles. The summed E-state index contributed by atoms with van der Waals surface area (Å²) in [5.74, 6) is -0.130. The van der Waals surface area contributed by atoms with Gasteiger partial charge < -0.3 is 15.0 Å². The number of ether oxygens (including phenoxy) is 1. The molecule has 0 bridgehead atoms. The van der Waals surface area contributed by atoms with E-state index in [0.717, 1.165) is 44.1 Å². The fraction of sp³-hybridized carbons (Fsp3) is 0.690. The van der Waals surface area contributed by atoms with Crippen molar-refractivity contribution < 1.29 is 19.1 Å². The highest BCUT2D eigenvalue weighted by Gasteiger charge is 2.57. The van der Waals surface area contributed by atoms with Gasteiger partial charge >= 0.3 is 6.09 Å². The summed E-state index contributed by atoms with van der Waals surface area (Å²) < 4.78 is 5.96. The molecular formula is C29H40ClN3O4. The van der Waals surface area contributed by atoms with Crippen molar-refractivity contribution >= 4 is 29.4 Å². The normalized spacial score (nSPS) is 28.1. The number of amides is 2. The Balaban J connectivity index is 1.39. The lowest BCUT2D eigenvalue weighted by Gasteiger charge is -2.44. The van der Waals surface area contributed by atoms with Crippen LogP contribution >= 0.6 is 11.6 Å². The molecule has 8 heteroatoms. The third kappa shape index (κ3) is 5.14. The van der Waals surface area contributed by atoms with Gasteiger partial charge in [0.25, 0.3) is 0 Å². The highest BCUT2D eigenvalue weighted by atomic mass is 35.5. The van der Waals surface area contributed by atoms with E-state index in [1.165, 1.54) is 6.42 Å². The zero-order valence-corrected chi connectivity index (χ0v) is 22.9. The average Bonchev–Trinajstić information content (AvgIpc) is 3.52. The smallest absolute Gasteiger partial charge is 0.410 e. The Kier molecular flexibility index (Phi) is 7.56. The van der Waals surface area contributed by atoms with Gasteiger partial charge in [-0.25, -0.2) is 4.79 Å². The van der Waals surface area contributed by atoms with Gasteiger partial charge in [0.05, 0.1) is 0 Å². The molecule has 0 radical (unpaired) electrons. The van der Waals surface area contributed by atoms with Gasteiger partial charge in [-0.3, -0.25) is 14.5 Å². The van der Waals surface area contributed by atoms with Gasteiger partial charge in [-0.05, 0) is 69.1 Å². The summed E-state index contributed by atoms with van der Waals surface area (Å²) >= 11 is 6.17. The molecule has 7 nitrogen and oxygen atoms in total. The number of carbonyl (C=O) groups is 3. The maximum Gasteiger partial charge on any atom is 0.410 e. The third-order valence-electron chi connectivity index (χ3n) is 9.38. The number of likely N-dealkylation sites (tertiary alicyclic amines) is 1. The van der Waals surface area contributed by atoms with E-state index in [1.54, 1.807) is 11.9 Å². The van der Waals surface area contributed by atoms with E-state index in [0.29, 0.717) is 44.0 Å². The number of nitrogens with one attached hydrogen (secondary N) is 1. The number of carbonyl (C=O) groups excluding carboxylic acids is 3. The highest BCUT2D eigenvalue weighted by Crippen LogP contribution is 2.47. The van der Waals surface area contributed by atoms with E-state index in [-0.39, 0.29) is 35.0 Å². The fourth-order valence-electron chi connectivity index (χ4n) is 6.61. The summed E-state index contributed by atoms with van der Waals surface area (Å²) in [4.78, 5) is 44.4. The van der Waals surface area contributed by atoms with Gasteiger partial charge in [0.1, 0.15) is 11.6 Å². The van der Waals surface area contributed by atoms with Crippen LogP contribution in [0.5, 0.6) is 0 Å². The van der Waals surface area contributed by atoms with Crippen LogP contribution in [0.3, 0.4) is 0 Å². The largest absolute Gasteiger partial charge is 0.446 e. The number of nitrogens with zero attached hydrogens (tertiary/aromatic N) is 2. The van der Waals surface area contributed by atoms with Crippen LogP contribution in [0.1, 0.15) is 76.2 Å². The SMILES string of the molecule is CN(C(=O)OC1CCCCC1)[C@]1(C(=O)C2CCN(C(=O)C3(C)CC3)CC2)CNC[C@H]1c1ccc(Cl)cc1. The number of piperidine rings is 1. The van der Waals surface area contributed by atoms with Crippen LogP contribution in [0.4, 0.5) is 4.79 Å². The standard InChI is InChI=1S/C29H40ClN3O4/c1-28(14-15-28)26(35)33-16-12-21(13-17-33)25(34)29(32(2)27(36)37-23-6-4-3-5-7-23)19-31-18-24(29)20-8-10-22(30)11-9-20/h8-11,21,23-24,31H,3-7,12-19H2,1-2H3/t24-,29+/m0/s1. The number of likely N-dealkylation sites (N-methyl/N-ethyl adjacent to an activating group) is 1. The number of benzene rings is 1. The Hall–Kier alpha value is -2.12. The molecule has 2 saturated heterocycles. The lowest BCUT2D eigenvalue weighted by atomic mass is 9.72. The zero-order valence-electron chi connectivity index (χ0n) is 22.1. The highest BCUT2D eigenvalue weighted by molar-refractivity contribution is 6.30. The van der Waals surface area contributed by atoms with Crippen LogP contribution in [0.2, 0.25) is 5.02 Å². The Labute approximate surface area is 225 Å². The molecule has 1 N–H and O–H groups in total. The molecule has 1 aromatic rings. The maximum absolute atomic E-state index is 14.5. The molecule has 202 valence electrons. The van der Waals surface area contributed by atoms with Crippen molar-refractivity contribution in [1.29, 1.82) is 0 Å². The summed E-state index contributed by atoms with van der Waals surface area (Å²) in [6, 6.07) is 7.60. The van der Waals surface area contributed by atoms with Crippen molar-refractivity contribution in [2.45, 2.75) is 82.3 Å². The second kappa shape index (κ2) is 10.6. The lowest BCUT2D eigenvalue weighted by Crippen LogP contribution is -2.62. The number of halogens is 1. The minimum atomic E-state index is -1.06. The van der Waals surface area contributed by atoms with E-state index in [1.807, 2.05) is 36.1 Å². The van der Waals surface area contributed by atoms with E-state index in [2.05, 4.69) is 5.32 Å². The van der Waals surface area contributed by atoms with Gasteiger partial charge in [0.2, 0.25) is 5.91 Å². The minimum Gasteiger partial charge on any atom is -0.446 e. The van der Waals surface area contributed by atoms with Gasteiger partial charge in [-0.2, -0.15) is 0 Å². The lowest BCUT2D eigenvalue weighted by molar-refractivity contribution is -0.142. The molecule has 37 heavy (non-hydrogen) atoms. The van der Waals surface area contributed by atoms with Gasteiger partial charge in [-0.15, -0.1) is 0 Å². The number of rotatable bonds is 6. The van der Waals surface area contributed by atoms with Crippen molar-refractivity contribution in [3.63, 3.8) is 0 Å². The van der Waals surface area contributed by atoms with E-state index in [9.17, 15) is 14.4 Å². The third-order valence-corrected chi connectivity index (χ3v) is 9.63. The van der Waals surface area contributed by atoms with Crippen LogP contribution in [0, 0.1) is 11.3 Å². The molecule has 0 aromatic heterocycles. The van der Waals surface area contributed by atoms with Crippen molar-refractivity contribution in [2.24, 2.45) is 11.3 Å². The summed E-state index contributed by atoms with van der Waals surface area (Å²) in [5.41, 5.74) is -0.274. The molecular weight excluding hydrogens is 490 g/mol. The predicted molar refractivity (Wildman–Crippen MR) is 143 cm³/mol. The second-order valence-electron chi connectivity index (χ2n) is 11.9. The van der Waals surface area contributed by atoms with Crippen LogP contribution in [0.25, 0.3) is 0 Å². The van der Waals surface area contributed by atoms with Crippen molar-refractivity contribution in [1.82, 2.24) is 15.1 Å². The molecule has 2 aliphatic carbocycles. The summed E-state index contributed by atoms with van der Waals surface area (Å²) in [5, 5.41) is 4.06. The first kappa shape index (κ1) is 26.5. The monoisotopic (exact) mass is 529 g/mol. The average molecular weight is 530 g/mol. The molecule has 2 aliphatic heterocycles. The molecule has 5 rings (SSSR count). The topological polar surface area (TPSA) is 79.0 Å². The maximum atomic E-state index is 14.5. The molecule has 2 saturated carbocycles. The Bertz CT molecular complexity index is 1010. The summed E-state index contributed by atoms with van der Waals surface area (Å²) in [6.07, 6.45) is 7.72. The van der Waals surface area contributed by atoms with Crippen LogP contribution < -0.4 is 5.32 Å². The number of ketones is 1. The predicted octanol–water partition coefficient (Wildman–Crippen LogP) is 4.77. The summed E-state index contributed by atoms with van der Waals surface area (Å²) in [6.45, 7) is 4.19. The quantitative estimate of drug-likeness (QED) is 0.574. The van der Waals surface area contributed by atoms with Gasteiger partial charge in [-0.1, -0.05) is 37.1 Å². The molecule has 4 aliphatic rings. The van der Waals surface area contributed by atoms with Crippen LogP contribution in [-0.4, -0.2) is 72.5 Å². The molecule has 2 heterocycles. The van der Waals surface area contributed by atoms with Gasteiger partial charge in [0.15, 0.2) is 5.78 Å². The Morgan fingerprint density at radius 2 is 1.68 bits per heavy atom.